The largest absolute Gasteiger partial charge is 0.444 e. The van der Waals surface area contributed by atoms with Crippen LogP contribution in [0.15, 0.2) is 71.9 Å². The molecule has 0 aliphatic rings. The second-order valence-electron chi connectivity index (χ2n) is 10.7. The number of carbonyl (C=O) groups excluding carboxylic acids is 3. The van der Waals surface area contributed by atoms with Crippen molar-refractivity contribution < 1.29 is 19.1 Å². The number of H-pyrrole nitrogens is 1. The van der Waals surface area contributed by atoms with Crippen LogP contribution in [0.1, 0.15) is 44.9 Å². The molecule has 1 aromatic heterocycles. The highest BCUT2D eigenvalue weighted by Gasteiger charge is 2.29. The van der Waals surface area contributed by atoms with Gasteiger partial charge in [0.1, 0.15) is 23.5 Å². The molecule has 0 fully saturated rings. The predicted octanol–water partition coefficient (Wildman–Crippen LogP) is 2.37. The number of aliphatic imine (C=N–C) groups is 1. The second-order valence-corrected chi connectivity index (χ2v) is 10.7. The Morgan fingerprint density at radius 1 is 0.952 bits per heavy atom. The van der Waals surface area contributed by atoms with Crippen LogP contribution in [0.3, 0.4) is 0 Å². The number of alkyl carbamates (subject to hydrolysis) is 1. The Bertz CT molecular complexity index is 1330. The third kappa shape index (κ3) is 11.0. The summed E-state index contributed by atoms with van der Waals surface area (Å²) in [6.45, 7) is 5.76. The van der Waals surface area contributed by atoms with Gasteiger partial charge in [-0.05, 0) is 39.2 Å². The minimum Gasteiger partial charge on any atom is -0.444 e. The highest BCUT2D eigenvalue weighted by atomic mass is 16.6. The monoisotopic (exact) mass is 576 g/mol. The van der Waals surface area contributed by atoms with Crippen molar-refractivity contribution in [2.75, 3.05) is 6.54 Å². The van der Waals surface area contributed by atoms with Crippen LogP contribution in [-0.2, 0) is 27.3 Å². The number of aromatic amines is 1. The first-order valence-electron chi connectivity index (χ1n) is 13.8. The molecule has 3 aromatic rings. The van der Waals surface area contributed by atoms with Gasteiger partial charge in [-0.3, -0.25) is 14.6 Å². The van der Waals surface area contributed by atoms with Crippen molar-refractivity contribution in [1.29, 1.82) is 0 Å². The van der Waals surface area contributed by atoms with Gasteiger partial charge < -0.3 is 37.1 Å². The number of rotatable bonds is 13. The van der Waals surface area contributed by atoms with E-state index in [0.717, 1.165) is 11.1 Å². The molecule has 12 nitrogen and oxygen atoms in total. The Labute approximate surface area is 245 Å². The van der Waals surface area contributed by atoms with Crippen LogP contribution < -0.4 is 27.4 Å². The van der Waals surface area contributed by atoms with E-state index in [2.05, 4.69) is 30.9 Å². The van der Waals surface area contributed by atoms with Gasteiger partial charge in [-0.15, -0.1) is 0 Å². The fraction of sp³-hybridized carbons (Fsp3) is 0.367. The van der Waals surface area contributed by atoms with Crippen LogP contribution in [0.2, 0.25) is 0 Å². The van der Waals surface area contributed by atoms with Gasteiger partial charge in [0, 0.05) is 37.0 Å². The lowest BCUT2D eigenvalue weighted by Gasteiger charge is -2.25. The Hall–Kier alpha value is -4.87. The first-order valence-corrected chi connectivity index (χ1v) is 13.8. The summed E-state index contributed by atoms with van der Waals surface area (Å²) in [6.07, 6.45) is 1.64. The molecule has 0 bridgehead atoms. The number of hydrogen-bond donors (Lipinski definition) is 6. The minimum atomic E-state index is -1.06. The summed E-state index contributed by atoms with van der Waals surface area (Å²) in [5.74, 6) is -0.362. The molecule has 8 N–H and O–H groups in total. The van der Waals surface area contributed by atoms with Crippen LogP contribution in [0.5, 0.6) is 0 Å². The number of ether oxygens (including phenoxy) is 1. The number of aromatic nitrogens is 2. The summed E-state index contributed by atoms with van der Waals surface area (Å²) in [7, 11) is 0. The third-order valence-electron chi connectivity index (χ3n) is 6.00. The molecule has 0 aliphatic heterocycles. The second kappa shape index (κ2) is 15.2. The number of nitrogens with two attached hydrogens (primary N) is 2. The van der Waals surface area contributed by atoms with Crippen molar-refractivity contribution in [2.45, 2.75) is 64.3 Å². The van der Waals surface area contributed by atoms with Crippen LogP contribution in [0.25, 0.3) is 11.4 Å². The van der Waals surface area contributed by atoms with Gasteiger partial charge in [0.25, 0.3) is 0 Å². The fourth-order valence-electron chi connectivity index (χ4n) is 4.04. The zero-order valence-corrected chi connectivity index (χ0v) is 24.2. The van der Waals surface area contributed by atoms with Crippen LogP contribution in [-0.4, -0.2) is 58.1 Å². The Morgan fingerprint density at radius 3 is 2.26 bits per heavy atom. The van der Waals surface area contributed by atoms with Crippen molar-refractivity contribution in [2.24, 2.45) is 16.5 Å². The smallest absolute Gasteiger partial charge is 0.408 e. The van der Waals surface area contributed by atoms with E-state index < -0.39 is 29.7 Å². The predicted molar refractivity (Wildman–Crippen MR) is 161 cm³/mol. The molecule has 1 heterocycles. The SMILES string of the molecule is CC(C)(C)OC(=O)N[C@@H](Cc1cnc(-c2ccccc2)[nH]1)C(=O)N[C@@H](CCCN=C(N)N)C(=O)NCc1ccccc1. The highest BCUT2D eigenvalue weighted by molar-refractivity contribution is 5.91. The quantitative estimate of drug-likeness (QED) is 0.102. The summed E-state index contributed by atoms with van der Waals surface area (Å²) in [5.41, 5.74) is 12.5. The maximum atomic E-state index is 13.6. The molecular weight excluding hydrogens is 536 g/mol. The molecule has 224 valence electrons. The Morgan fingerprint density at radius 2 is 1.62 bits per heavy atom. The zero-order valence-electron chi connectivity index (χ0n) is 24.2. The number of benzene rings is 2. The van der Waals surface area contributed by atoms with Gasteiger partial charge >= 0.3 is 6.09 Å². The summed E-state index contributed by atoms with van der Waals surface area (Å²) in [5, 5.41) is 8.32. The first-order chi connectivity index (χ1) is 20.0. The molecule has 3 amide bonds. The molecule has 2 atom stereocenters. The molecule has 0 saturated heterocycles. The topological polar surface area (TPSA) is 190 Å². The summed E-state index contributed by atoms with van der Waals surface area (Å²) < 4.78 is 5.40. The van der Waals surface area contributed by atoms with Gasteiger partial charge in [-0.25, -0.2) is 9.78 Å². The van der Waals surface area contributed by atoms with Crippen molar-refractivity contribution >= 4 is 23.9 Å². The van der Waals surface area contributed by atoms with E-state index in [1.165, 1.54) is 0 Å². The van der Waals surface area contributed by atoms with Crippen molar-refractivity contribution in [3.63, 3.8) is 0 Å². The van der Waals surface area contributed by atoms with Gasteiger partial charge in [0.2, 0.25) is 11.8 Å². The van der Waals surface area contributed by atoms with Crippen molar-refractivity contribution in [3.8, 4) is 11.4 Å². The van der Waals surface area contributed by atoms with Gasteiger partial charge in [0.15, 0.2) is 5.96 Å². The standard InChI is InChI=1S/C30H40N8O4/c1-30(2,3)42-29(41)38-24(17-22-19-34-25(36-22)21-13-8-5-9-14-21)27(40)37-23(15-10-16-33-28(31)32)26(39)35-18-20-11-6-4-7-12-20/h4-9,11-14,19,23-24H,10,15-18H2,1-3H3,(H,34,36)(H,35,39)(H,37,40)(H,38,41)(H4,31,32,33)/t23-,24-/m0/s1. The lowest BCUT2D eigenvalue weighted by Crippen LogP contribution is -2.55. The van der Waals surface area contributed by atoms with Crippen LogP contribution >= 0.6 is 0 Å². The van der Waals surface area contributed by atoms with E-state index in [-0.39, 0.29) is 37.8 Å². The Kier molecular flexibility index (Phi) is 11.5. The summed E-state index contributed by atoms with van der Waals surface area (Å²) >= 11 is 0. The van der Waals surface area contributed by atoms with Crippen molar-refractivity contribution in [1.82, 2.24) is 25.9 Å². The average molecular weight is 577 g/mol. The maximum Gasteiger partial charge on any atom is 0.408 e. The first kappa shape index (κ1) is 31.7. The number of imidazole rings is 1. The fourth-order valence-corrected chi connectivity index (χ4v) is 4.04. The van der Waals surface area contributed by atoms with E-state index in [4.69, 9.17) is 16.2 Å². The number of hydrogen-bond acceptors (Lipinski definition) is 6. The number of guanidine groups is 1. The van der Waals surface area contributed by atoms with Gasteiger partial charge in [-0.2, -0.15) is 0 Å². The van der Waals surface area contributed by atoms with Gasteiger partial charge in [0.05, 0.1) is 0 Å². The molecule has 12 heteroatoms. The molecule has 0 unspecified atom stereocenters. The molecule has 0 saturated carbocycles. The summed E-state index contributed by atoms with van der Waals surface area (Å²) in [4.78, 5) is 51.1. The highest BCUT2D eigenvalue weighted by Crippen LogP contribution is 2.16. The van der Waals surface area contributed by atoms with Crippen molar-refractivity contribution in [3.05, 3.63) is 78.1 Å². The normalized spacial score (nSPS) is 12.5. The molecule has 0 radical (unpaired) electrons. The van der Waals surface area contributed by atoms with E-state index in [9.17, 15) is 14.4 Å². The number of nitrogens with zero attached hydrogens (tertiary/aromatic N) is 2. The van der Waals surface area contributed by atoms with E-state index >= 15 is 0 Å². The maximum absolute atomic E-state index is 13.6. The molecule has 2 aromatic carbocycles. The number of nitrogens with one attached hydrogen (secondary N) is 4. The van der Waals surface area contributed by atoms with E-state index in [1.807, 2.05) is 60.7 Å². The molecular formula is C30H40N8O4. The third-order valence-corrected chi connectivity index (χ3v) is 6.00. The van der Waals surface area contributed by atoms with Crippen LogP contribution in [0, 0.1) is 0 Å². The Balaban J connectivity index is 1.77. The summed E-state index contributed by atoms with van der Waals surface area (Å²) in [6, 6.07) is 17.0. The minimum absolute atomic E-state index is 0.0554. The number of carbonyl (C=O) groups is 3. The van der Waals surface area contributed by atoms with Gasteiger partial charge in [-0.1, -0.05) is 60.7 Å². The number of amides is 3. The molecule has 3 rings (SSSR count). The van der Waals surface area contributed by atoms with Crippen LogP contribution in [0.4, 0.5) is 4.79 Å². The van der Waals surface area contributed by atoms with E-state index in [1.54, 1.807) is 27.0 Å². The molecule has 42 heavy (non-hydrogen) atoms. The lowest BCUT2D eigenvalue weighted by molar-refractivity contribution is -0.130. The zero-order chi connectivity index (χ0) is 30.5. The average Bonchev–Trinajstić information content (AvgIpc) is 3.41. The molecule has 0 spiro atoms. The molecule has 0 aliphatic carbocycles. The van der Waals surface area contributed by atoms with E-state index in [0.29, 0.717) is 17.9 Å². The lowest BCUT2D eigenvalue weighted by atomic mass is 10.1.